The quantitative estimate of drug-likeness (QED) is 0.514. The fourth-order valence-electron chi connectivity index (χ4n) is 3.30. The lowest BCUT2D eigenvalue weighted by Crippen LogP contribution is -2.37. The van der Waals surface area contributed by atoms with Crippen LogP contribution in [0.15, 0.2) is 47.3 Å². The van der Waals surface area contributed by atoms with Crippen molar-refractivity contribution >= 4 is 29.1 Å². The minimum atomic E-state index is -1.03. The molecule has 170 valence electrons. The molecular weight excluding hydrogens is 458 g/mol. The molecule has 2 N–H and O–H groups in total. The standard InChI is InChI=1S/C22H23Cl2FN4O3/c1-13(2)10-28-21(14-6-3-4-8-16(14)23)27-29(22(28)32)11-19(31)26-18(12-30)15-7-5-9-17(24)20(15)25/h3-9,13,18,30H,10-12H2,1-2H3,(H,26,31). The summed E-state index contributed by atoms with van der Waals surface area (Å²) in [6, 6.07) is 10.3. The van der Waals surface area contributed by atoms with E-state index >= 15 is 0 Å². The van der Waals surface area contributed by atoms with Gasteiger partial charge in [-0.25, -0.2) is 13.9 Å². The molecule has 3 aromatic rings. The van der Waals surface area contributed by atoms with Crippen molar-refractivity contribution in [3.05, 3.63) is 74.4 Å². The molecule has 0 radical (unpaired) electrons. The molecule has 0 bridgehead atoms. The molecule has 1 unspecified atom stereocenters. The SMILES string of the molecule is CC(C)Cn1c(-c2ccccc2Cl)nn(CC(=O)NC(CO)c2cccc(Cl)c2F)c1=O. The van der Waals surface area contributed by atoms with Crippen LogP contribution in [0.25, 0.3) is 11.4 Å². The van der Waals surface area contributed by atoms with Crippen LogP contribution in [0.1, 0.15) is 25.5 Å². The van der Waals surface area contributed by atoms with Crippen molar-refractivity contribution in [2.75, 3.05) is 6.61 Å². The Hall–Kier alpha value is -2.68. The number of carbonyl (C=O) groups excluding carboxylic acids is 1. The van der Waals surface area contributed by atoms with Crippen molar-refractivity contribution in [3.8, 4) is 11.4 Å². The summed E-state index contributed by atoms with van der Waals surface area (Å²) in [5.74, 6) is -0.856. The fraction of sp³-hybridized carbons (Fsp3) is 0.318. The summed E-state index contributed by atoms with van der Waals surface area (Å²) < 4.78 is 16.8. The molecule has 0 saturated carbocycles. The minimum Gasteiger partial charge on any atom is -0.394 e. The second kappa shape index (κ2) is 10.3. The number of rotatable bonds is 8. The maximum atomic E-state index is 14.3. The summed E-state index contributed by atoms with van der Waals surface area (Å²) in [4.78, 5) is 25.6. The molecule has 0 aliphatic rings. The molecule has 1 aromatic heterocycles. The lowest BCUT2D eigenvalue weighted by Gasteiger charge is -2.17. The van der Waals surface area contributed by atoms with Crippen LogP contribution in [0.4, 0.5) is 4.39 Å². The number of aliphatic hydroxyl groups excluding tert-OH is 1. The molecule has 32 heavy (non-hydrogen) atoms. The van der Waals surface area contributed by atoms with E-state index < -0.39 is 36.6 Å². The van der Waals surface area contributed by atoms with Crippen molar-refractivity contribution < 1.29 is 14.3 Å². The average Bonchev–Trinajstić information content (AvgIpc) is 3.03. The lowest BCUT2D eigenvalue weighted by atomic mass is 10.1. The van der Waals surface area contributed by atoms with E-state index in [1.165, 1.54) is 22.8 Å². The molecule has 0 spiro atoms. The van der Waals surface area contributed by atoms with E-state index in [0.717, 1.165) is 4.68 Å². The van der Waals surface area contributed by atoms with Gasteiger partial charge in [0.05, 0.1) is 22.7 Å². The zero-order valence-electron chi connectivity index (χ0n) is 17.6. The summed E-state index contributed by atoms with van der Waals surface area (Å²) in [5, 5.41) is 16.8. The molecule has 0 saturated heterocycles. The first-order chi connectivity index (χ1) is 15.2. The van der Waals surface area contributed by atoms with Crippen LogP contribution in [-0.2, 0) is 17.9 Å². The zero-order chi connectivity index (χ0) is 23.4. The second-order valence-corrected chi connectivity index (χ2v) is 8.51. The average molecular weight is 481 g/mol. The molecule has 7 nitrogen and oxygen atoms in total. The fourth-order valence-corrected chi connectivity index (χ4v) is 3.70. The van der Waals surface area contributed by atoms with E-state index in [1.54, 1.807) is 24.3 Å². The Kier molecular flexibility index (Phi) is 7.71. The summed E-state index contributed by atoms with van der Waals surface area (Å²) in [5.41, 5.74) is 0.140. The van der Waals surface area contributed by atoms with Crippen LogP contribution in [0, 0.1) is 11.7 Å². The molecule has 0 fully saturated rings. The summed E-state index contributed by atoms with van der Waals surface area (Å²) in [6.07, 6.45) is 0. The van der Waals surface area contributed by atoms with Crippen LogP contribution in [0.3, 0.4) is 0 Å². The smallest absolute Gasteiger partial charge is 0.346 e. The topological polar surface area (TPSA) is 89.2 Å². The largest absolute Gasteiger partial charge is 0.394 e. The van der Waals surface area contributed by atoms with Gasteiger partial charge in [0, 0.05) is 17.7 Å². The second-order valence-electron chi connectivity index (χ2n) is 7.69. The Morgan fingerprint density at radius 1 is 1.16 bits per heavy atom. The first-order valence-electron chi connectivity index (χ1n) is 9.99. The number of aliphatic hydroxyl groups is 1. The predicted molar refractivity (Wildman–Crippen MR) is 121 cm³/mol. The van der Waals surface area contributed by atoms with Crippen molar-refractivity contribution in [1.29, 1.82) is 0 Å². The van der Waals surface area contributed by atoms with Crippen molar-refractivity contribution in [1.82, 2.24) is 19.7 Å². The number of hydrogen-bond donors (Lipinski definition) is 2. The van der Waals surface area contributed by atoms with Gasteiger partial charge in [-0.3, -0.25) is 9.36 Å². The highest BCUT2D eigenvalue weighted by atomic mass is 35.5. The molecule has 2 aromatic carbocycles. The van der Waals surface area contributed by atoms with E-state index in [1.807, 2.05) is 13.8 Å². The number of carbonyl (C=O) groups is 1. The number of amides is 1. The lowest BCUT2D eigenvalue weighted by molar-refractivity contribution is -0.123. The van der Waals surface area contributed by atoms with Crippen LogP contribution in [0.2, 0.25) is 10.0 Å². The van der Waals surface area contributed by atoms with Gasteiger partial charge in [-0.2, -0.15) is 0 Å². The highest BCUT2D eigenvalue weighted by Crippen LogP contribution is 2.26. The van der Waals surface area contributed by atoms with Gasteiger partial charge in [-0.15, -0.1) is 5.10 Å². The highest BCUT2D eigenvalue weighted by molar-refractivity contribution is 6.33. The molecule has 3 rings (SSSR count). The van der Waals surface area contributed by atoms with Crippen LogP contribution in [0.5, 0.6) is 0 Å². The monoisotopic (exact) mass is 480 g/mol. The minimum absolute atomic E-state index is 0.0443. The Bertz CT molecular complexity index is 1180. The number of nitrogens with zero attached hydrogens (tertiary/aromatic N) is 3. The predicted octanol–water partition coefficient (Wildman–Crippen LogP) is 3.66. The van der Waals surface area contributed by atoms with Gasteiger partial charge < -0.3 is 10.4 Å². The van der Waals surface area contributed by atoms with Crippen molar-refractivity contribution in [2.45, 2.75) is 33.0 Å². The Morgan fingerprint density at radius 2 is 1.84 bits per heavy atom. The Balaban J connectivity index is 1.90. The van der Waals surface area contributed by atoms with E-state index in [0.29, 0.717) is 23.0 Å². The number of benzene rings is 2. The molecule has 0 aliphatic carbocycles. The van der Waals surface area contributed by atoms with E-state index in [2.05, 4.69) is 10.4 Å². The number of nitrogens with one attached hydrogen (secondary N) is 1. The Morgan fingerprint density at radius 3 is 2.50 bits per heavy atom. The molecular formula is C22H23Cl2FN4O3. The van der Waals surface area contributed by atoms with Crippen LogP contribution < -0.4 is 11.0 Å². The maximum absolute atomic E-state index is 14.3. The van der Waals surface area contributed by atoms with Crippen molar-refractivity contribution in [2.24, 2.45) is 5.92 Å². The molecule has 10 heteroatoms. The third kappa shape index (κ3) is 5.20. The Labute approximate surface area is 194 Å². The number of halogens is 3. The summed E-state index contributed by atoms with van der Waals surface area (Å²) >= 11 is 12.1. The van der Waals surface area contributed by atoms with Gasteiger partial charge in [0.25, 0.3) is 0 Å². The third-order valence-electron chi connectivity index (χ3n) is 4.75. The number of aromatic nitrogens is 3. The normalized spacial score (nSPS) is 12.2. The summed E-state index contributed by atoms with van der Waals surface area (Å²) in [7, 11) is 0. The summed E-state index contributed by atoms with van der Waals surface area (Å²) in [6.45, 7) is 3.33. The van der Waals surface area contributed by atoms with E-state index in [4.69, 9.17) is 23.2 Å². The van der Waals surface area contributed by atoms with Gasteiger partial charge in [0.15, 0.2) is 5.82 Å². The van der Waals surface area contributed by atoms with Crippen LogP contribution >= 0.6 is 23.2 Å². The first-order valence-corrected chi connectivity index (χ1v) is 10.7. The van der Waals surface area contributed by atoms with Gasteiger partial charge in [0.1, 0.15) is 12.4 Å². The third-order valence-corrected chi connectivity index (χ3v) is 5.37. The first kappa shape index (κ1) is 24.0. The van der Waals surface area contributed by atoms with Gasteiger partial charge in [0.2, 0.25) is 5.91 Å². The van der Waals surface area contributed by atoms with Crippen LogP contribution in [-0.4, -0.2) is 32.0 Å². The van der Waals surface area contributed by atoms with Gasteiger partial charge in [-0.1, -0.05) is 61.3 Å². The maximum Gasteiger partial charge on any atom is 0.346 e. The molecule has 0 aliphatic heterocycles. The molecule has 1 amide bonds. The van der Waals surface area contributed by atoms with Gasteiger partial charge >= 0.3 is 5.69 Å². The number of hydrogen-bond acceptors (Lipinski definition) is 4. The van der Waals surface area contributed by atoms with Crippen molar-refractivity contribution in [3.63, 3.8) is 0 Å². The highest BCUT2D eigenvalue weighted by Gasteiger charge is 2.22. The molecule has 1 atom stereocenters. The van der Waals surface area contributed by atoms with Gasteiger partial charge in [-0.05, 0) is 24.1 Å². The molecule has 1 heterocycles. The van der Waals surface area contributed by atoms with E-state index in [-0.39, 0.29) is 16.5 Å². The zero-order valence-corrected chi connectivity index (χ0v) is 19.1. The van der Waals surface area contributed by atoms with E-state index in [9.17, 15) is 19.1 Å².